The molecule has 0 aliphatic rings. The highest BCUT2D eigenvalue weighted by molar-refractivity contribution is 6.36. The lowest BCUT2D eigenvalue weighted by Gasteiger charge is -2.09. The molecule has 5 heteroatoms. The molecule has 26 heavy (non-hydrogen) atoms. The first-order valence-electron chi connectivity index (χ1n) is 8.57. The molecular formula is C21H22ClNO3. The zero-order valence-electron chi connectivity index (χ0n) is 14.7. The summed E-state index contributed by atoms with van der Waals surface area (Å²) in [6.07, 6.45) is 3.21. The summed E-state index contributed by atoms with van der Waals surface area (Å²) in [6, 6.07) is 16.8. The normalized spacial score (nSPS) is 11.1. The molecule has 0 radical (unpaired) electrons. The number of carbonyl (C=O) groups is 2. The predicted octanol–water partition coefficient (Wildman–Crippen LogP) is 4.19. The Kier molecular flexibility index (Phi) is 7.90. The fourth-order valence-electron chi connectivity index (χ4n) is 2.43. The number of ether oxygens (including phenoxy) is 1. The average Bonchev–Trinajstić information content (AvgIpc) is 2.65. The lowest BCUT2D eigenvalue weighted by molar-refractivity contribution is -0.138. The number of halogens is 1. The van der Waals surface area contributed by atoms with Crippen LogP contribution in [0.25, 0.3) is 0 Å². The summed E-state index contributed by atoms with van der Waals surface area (Å²) < 4.78 is 5.00. The van der Waals surface area contributed by atoms with E-state index in [1.54, 1.807) is 31.2 Å². The second-order valence-corrected chi connectivity index (χ2v) is 6.04. The van der Waals surface area contributed by atoms with Gasteiger partial charge >= 0.3 is 5.97 Å². The molecule has 2 aromatic carbocycles. The first-order valence-corrected chi connectivity index (χ1v) is 8.95. The minimum atomic E-state index is -0.659. The van der Waals surface area contributed by atoms with Gasteiger partial charge in [-0.3, -0.25) is 4.79 Å². The van der Waals surface area contributed by atoms with Crippen LogP contribution in [-0.2, 0) is 16.0 Å². The molecule has 0 bridgehead atoms. The van der Waals surface area contributed by atoms with E-state index in [4.69, 9.17) is 16.3 Å². The zero-order valence-corrected chi connectivity index (χ0v) is 15.5. The molecule has 0 saturated heterocycles. The SMILES string of the molecule is CCOC(=O)/C(=C/NCCCc1ccccc1)C(=O)c1ccccc1Cl. The molecule has 2 rings (SSSR count). The highest BCUT2D eigenvalue weighted by Gasteiger charge is 2.22. The first kappa shape index (κ1) is 19.7. The monoisotopic (exact) mass is 371 g/mol. The number of rotatable bonds is 9. The smallest absolute Gasteiger partial charge is 0.343 e. The Balaban J connectivity index is 2.02. The largest absolute Gasteiger partial charge is 0.462 e. The molecular weight excluding hydrogens is 350 g/mol. The number of Topliss-reactive ketones (excluding diaryl/α,β-unsaturated/α-hetero) is 1. The van der Waals surface area contributed by atoms with Crippen molar-refractivity contribution in [3.05, 3.63) is 82.5 Å². The van der Waals surface area contributed by atoms with Gasteiger partial charge in [-0.1, -0.05) is 54.1 Å². The number of carbonyl (C=O) groups excluding carboxylic acids is 2. The van der Waals surface area contributed by atoms with Crippen molar-refractivity contribution in [3.8, 4) is 0 Å². The van der Waals surface area contributed by atoms with E-state index in [-0.39, 0.29) is 17.7 Å². The van der Waals surface area contributed by atoms with Crippen molar-refractivity contribution in [3.63, 3.8) is 0 Å². The molecule has 0 heterocycles. The highest BCUT2D eigenvalue weighted by Crippen LogP contribution is 2.19. The average molecular weight is 372 g/mol. The van der Waals surface area contributed by atoms with Crippen molar-refractivity contribution in [1.82, 2.24) is 5.32 Å². The van der Waals surface area contributed by atoms with Gasteiger partial charge in [0.25, 0.3) is 0 Å². The third-order valence-corrected chi connectivity index (χ3v) is 4.06. The Hall–Kier alpha value is -2.59. The molecule has 0 saturated carbocycles. The standard InChI is InChI=1S/C21H22ClNO3/c1-2-26-21(25)18(20(24)17-12-6-7-13-19(17)22)15-23-14-8-11-16-9-4-3-5-10-16/h3-7,9-10,12-13,15,23H,2,8,11,14H2,1H3/b18-15+. The molecule has 1 N–H and O–H groups in total. The summed E-state index contributed by atoms with van der Waals surface area (Å²) >= 11 is 6.08. The van der Waals surface area contributed by atoms with Crippen LogP contribution in [0.5, 0.6) is 0 Å². The van der Waals surface area contributed by atoms with Crippen LogP contribution in [-0.4, -0.2) is 24.9 Å². The van der Waals surface area contributed by atoms with Crippen LogP contribution in [0, 0.1) is 0 Å². The summed E-state index contributed by atoms with van der Waals surface area (Å²) in [7, 11) is 0. The van der Waals surface area contributed by atoms with E-state index < -0.39 is 11.8 Å². The number of hydrogen-bond acceptors (Lipinski definition) is 4. The van der Waals surface area contributed by atoms with Crippen molar-refractivity contribution < 1.29 is 14.3 Å². The van der Waals surface area contributed by atoms with Crippen molar-refractivity contribution in [1.29, 1.82) is 0 Å². The van der Waals surface area contributed by atoms with E-state index >= 15 is 0 Å². The van der Waals surface area contributed by atoms with Gasteiger partial charge in [-0.2, -0.15) is 0 Å². The van der Waals surface area contributed by atoms with Gasteiger partial charge < -0.3 is 10.1 Å². The summed E-state index contributed by atoms with van der Waals surface area (Å²) in [5.74, 6) is -1.11. The van der Waals surface area contributed by atoms with Crippen molar-refractivity contribution >= 4 is 23.4 Å². The van der Waals surface area contributed by atoms with Crippen LogP contribution in [0.2, 0.25) is 5.02 Å². The van der Waals surface area contributed by atoms with Gasteiger partial charge in [0.15, 0.2) is 0 Å². The minimum absolute atomic E-state index is 0.0559. The van der Waals surface area contributed by atoms with Crippen LogP contribution < -0.4 is 5.32 Å². The van der Waals surface area contributed by atoms with Crippen LogP contribution in [0.1, 0.15) is 29.3 Å². The highest BCUT2D eigenvalue weighted by atomic mass is 35.5. The molecule has 0 aliphatic heterocycles. The number of ketones is 1. The van der Waals surface area contributed by atoms with Crippen LogP contribution in [0.4, 0.5) is 0 Å². The van der Waals surface area contributed by atoms with Gasteiger partial charge in [-0.15, -0.1) is 0 Å². The number of hydrogen-bond donors (Lipinski definition) is 1. The minimum Gasteiger partial charge on any atom is -0.462 e. The molecule has 2 aromatic rings. The Morgan fingerprint density at radius 3 is 2.46 bits per heavy atom. The maximum absolute atomic E-state index is 12.7. The van der Waals surface area contributed by atoms with Crippen LogP contribution >= 0.6 is 11.6 Å². The summed E-state index contributed by atoms with van der Waals surface area (Å²) in [5, 5.41) is 3.34. The topological polar surface area (TPSA) is 55.4 Å². The van der Waals surface area contributed by atoms with E-state index in [0.717, 1.165) is 12.8 Å². The van der Waals surface area contributed by atoms with Gasteiger partial charge in [0.2, 0.25) is 5.78 Å². The predicted molar refractivity (Wildman–Crippen MR) is 103 cm³/mol. The third kappa shape index (κ3) is 5.74. The molecule has 0 aromatic heterocycles. The summed E-state index contributed by atoms with van der Waals surface area (Å²) in [5.41, 5.74) is 1.47. The fraction of sp³-hybridized carbons (Fsp3) is 0.238. The quantitative estimate of drug-likeness (QED) is 0.179. The van der Waals surface area contributed by atoms with Gasteiger partial charge in [0.05, 0.1) is 11.6 Å². The van der Waals surface area contributed by atoms with Crippen molar-refractivity contribution in [2.75, 3.05) is 13.2 Å². The third-order valence-electron chi connectivity index (χ3n) is 3.73. The summed E-state index contributed by atoms with van der Waals surface area (Å²) in [4.78, 5) is 24.8. The van der Waals surface area contributed by atoms with Gasteiger partial charge in [0, 0.05) is 18.3 Å². The Bertz CT molecular complexity index is 772. The lowest BCUT2D eigenvalue weighted by atomic mass is 10.0. The van der Waals surface area contributed by atoms with Gasteiger partial charge in [-0.25, -0.2) is 4.79 Å². The maximum Gasteiger partial charge on any atom is 0.343 e. The van der Waals surface area contributed by atoms with E-state index in [0.29, 0.717) is 11.6 Å². The second-order valence-electron chi connectivity index (χ2n) is 5.63. The Morgan fingerprint density at radius 2 is 1.77 bits per heavy atom. The molecule has 0 unspecified atom stereocenters. The van der Waals surface area contributed by atoms with E-state index in [2.05, 4.69) is 17.4 Å². The number of aryl methyl sites for hydroxylation is 1. The molecule has 0 aliphatic carbocycles. The van der Waals surface area contributed by atoms with E-state index in [1.807, 2.05) is 18.2 Å². The molecule has 4 nitrogen and oxygen atoms in total. The molecule has 0 spiro atoms. The zero-order chi connectivity index (χ0) is 18.8. The molecule has 0 fully saturated rings. The molecule has 136 valence electrons. The fourth-order valence-corrected chi connectivity index (χ4v) is 2.65. The van der Waals surface area contributed by atoms with E-state index in [9.17, 15) is 9.59 Å². The van der Waals surface area contributed by atoms with E-state index in [1.165, 1.54) is 11.8 Å². The Labute approximate surface area is 158 Å². The maximum atomic E-state index is 12.7. The number of benzene rings is 2. The number of esters is 1. The lowest BCUT2D eigenvalue weighted by Crippen LogP contribution is -2.20. The van der Waals surface area contributed by atoms with Crippen LogP contribution in [0.3, 0.4) is 0 Å². The van der Waals surface area contributed by atoms with Gasteiger partial charge in [0.1, 0.15) is 5.57 Å². The second kappa shape index (κ2) is 10.4. The molecule has 0 amide bonds. The summed E-state index contributed by atoms with van der Waals surface area (Å²) in [6.45, 7) is 2.52. The number of nitrogens with one attached hydrogen (secondary N) is 1. The van der Waals surface area contributed by atoms with Gasteiger partial charge in [-0.05, 0) is 37.5 Å². The Morgan fingerprint density at radius 1 is 1.08 bits per heavy atom. The van der Waals surface area contributed by atoms with Crippen molar-refractivity contribution in [2.24, 2.45) is 0 Å². The van der Waals surface area contributed by atoms with Crippen molar-refractivity contribution in [2.45, 2.75) is 19.8 Å². The molecule has 0 atom stereocenters. The van der Waals surface area contributed by atoms with Crippen LogP contribution in [0.15, 0.2) is 66.4 Å². The first-order chi connectivity index (χ1) is 12.6.